The standard InChI is InChI=1S/C19H34N4O5.C7H12N2O2S.C5H12/c1-18(2,3)15(16(26)23-10-12(20-7)8-13(23)11-24)22-17(27)21-9-14(25)28-19(4,5)6;8-7(11)6(10)5(9-12)3-4-1-2-4;1-5(2,3)4/h11-13,15,20H,8-10H2,1-7H3,(H2,21,22,27);4-5,9,12H,1-3H2,(H2,8,11);1-4H3/t12?,13-,15?;;/m0../s1. The minimum absolute atomic E-state index is 0.0285. The molecule has 1 aliphatic carbocycles. The van der Waals surface area contributed by atoms with Crippen LogP contribution in [0, 0.1) is 16.7 Å². The Labute approximate surface area is 274 Å². The molecule has 14 heteroatoms. The topological polar surface area (TPSA) is 189 Å². The van der Waals surface area contributed by atoms with Crippen molar-refractivity contribution in [3.8, 4) is 0 Å². The number of aldehydes is 1. The predicted molar refractivity (Wildman–Crippen MR) is 177 cm³/mol. The van der Waals surface area contributed by atoms with Crippen molar-refractivity contribution in [1.82, 2.24) is 25.6 Å². The van der Waals surface area contributed by atoms with Gasteiger partial charge in [0.25, 0.3) is 5.91 Å². The molecule has 2 aliphatic rings. The zero-order chi connectivity index (χ0) is 35.3. The Morgan fingerprint density at radius 3 is 1.91 bits per heavy atom. The summed E-state index contributed by atoms with van der Waals surface area (Å²) in [5, 5.41) is 8.14. The van der Waals surface area contributed by atoms with E-state index in [9.17, 15) is 28.8 Å². The van der Waals surface area contributed by atoms with Gasteiger partial charge in [-0.25, -0.2) is 4.79 Å². The molecule has 13 nitrogen and oxygen atoms in total. The molecule has 0 radical (unpaired) electrons. The van der Waals surface area contributed by atoms with Gasteiger partial charge in [0.05, 0.1) is 12.1 Å². The fraction of sp³-hybridized carbons (Fsp3) is 0.806. The Morgan fingerprint density at radius 2 is 1.53 bits per heavy atom. The summed E-state index contributed by atoms with van der Waals surface area (Å²) >= 11 is 3.77. The van der Waals surface area contributed by atoms with Crippen LogP contribution in [-0.2, 0) is 28.7 Å². The first-order chi connectivity index (χ1) is 20.4. The zero-order valence-corrected chi connectivity index (χ0v) is 29.9. The lowest BCUT2D eigenvalue weighted by atomic mass is 9.85. The van der Waals surface area contributed by atoms with Crippen LogP contribution in [0.15, 0.2) is 0 Å². The number of nitrogens with two attached hydrogens (primary N) is 1. The van der Waals surface area contributed by atoms with Crippen LogP contribution in [0.1, 0.15) is 94.9 Å². The summed E-state index contributed by atoms with van der Waals surface area (Å²) in [7, 11) is 1.78. The van der Waals surface area contributed by atoms with E-state index in [0.717, 1.165) is 19.1 Å². The number of amides is 4. The van der Waals surface area contributed by atoms with Gasteiger partial charge in [-0.1, -0.05) is 74.1 Å². The molecule has 260 valence electrons. The monoisotopic (exact) mass is 658 g/mol. The number of Topliss-reactive ketones (excluding diaryl/α,β-unsaturated/α-hetero) is 1. The molecular formula is C31H58N6O7S. The third-order valence-corrected chi connectivity index (χ3v) is 6.69. The first-order valence-corrected chi connectivity index (χ1v) is 15.8. The third kappa shape index (κ3) is 18.8. The van der Waals surface area contributed by atoms with E-state index in [1.54, 1.807) is 27.8 Å². The van der Waals surface area contributed by atoms with Crippen LogP contribution < -0.4 is 26.4 Å². The van der Waals surface area contributed by atoms with Crippen LogP contribution in [-0.4, -0.2) is 90.7 Å². The fourth-order valence-corrected chi connectivity index (χ4v) is 4.28. The summed E-state index contributed by atoms with van der Waals surface area (Å²) in [6.07, 6.45) is 4.24. The van der Waals surface area contributed by atoms with E-state index in [0.29, 0.717) is 30.7 Å². The van der Waals surface area contributed by atoms with Gasteiger partial charge >= 0.3 is 12.0 Å². The lowest BCUT2D eigenvalue weighted by Crippen LogP contribution is -2.58. The number of likely N-dealkylation sites (N-methyl/N-ethyl adjacent to an activating group) is 1. The minimum atomic E-state index is -0.887. The Kier molecular flexibility index (Phi) is 17.3. The summed E-state index contributed by atoms with van der Waals surface area (Å²) in [6.45, 7) is 19.5. The number of esters is 1. The quantitative estimate of drug-likeness (QED) is 0.0836. The number of carbonyl (C=O) groups excluding carboxylic acids is 6. The minimum Gasteiger partial charge on any atom is -0.459 e. The maximum Gasteiger partial charge on any atom is 0.325 e. The molecule has 2 rings (SSSR count). The van der Waals surface area contributed by atoms with E-state index in [4.69, 9.17) is 10.5 Å². The molecule has 1 saturated heterocycles. The molecular weight excluding hydrogens is 600 g/mol. The number of hydrogen-bond acceptors (Lipinski definition) is 10. The van der Waals surface area contributed by atoms with E-state index in [1.165, 1.54) is 4.90 Å². The summed E-state index contributed by atoms with van der Waals surface area (Å²) < 4.78 is 7.64. The normalized spacial score (nSPS) is 19.4. The van der Waals surface area contributed by atoms with Gasteiger partial charge in [0.1, 0.15) is 24.5 Å². The summed E-state index contributed by atoms with van der Waals surface area (Å²) in [4.78, 5) is 71.6. The number of ketones is 1. The van der Waals surface area contributed by atoms with Crippen LogP contribution in [0.4, 0.5) is 4.79 Å². The van der Waals surface area contributed by atoms with Crippen molar-refractivity contribution in [3.05, 3.63) is 0 Å². The maximum absolute atomic E-state index is 13.1. The summed E-state index contributed by atoms with van der Waals surface area (Å²) in [5.41, 5.74) is 4.10. The van der Waals surface area contributed by atoms with E-state index in [-0.39, 0.29) is 18.5 Å². The first kappa shape index (κ1) is 42.3. The molecule has 4 atom stereocenters. The Bertz CT molecular complexity index is 1010. The summed E-state index contributed by atoms with van der Waals surface area (Å²) in [6, 6.07) is -2.50. The molecule has 0 spiro atoms. The van der Waals surface area contributed by atoms with Crippen LogP contribution in [0.3, 0.4) is 0 Å². The van der Waals surface area contributed by atoms with Crippen molar-refractivity contribution in [2.24, 2.45) is 22.5 Å². The number of nitrogens with zero attached hydrogens (tertiary/aromatic N) is 1. The molecule has 6 N–H and O–H groups in total. The highest BCUT2D eigenvalue weighted by molar-refractivity contribution is 7.78. The van der Waals surface area contributed by atoms with Gasteiger partial charge in [0.15, 0.2) is 0 Å². The van der Waals surface area contributed by atoms with Crippen molar-refractivity contribution in [2.75, 3.05) is 20.1 Å². The van der Waals surface area contributed by atoms with Gasteiger partial charge < -0.3 is 36.1 Å². The van der Waals surface area contributed by atoms with Crippen LogP contribution in [0.5, 0.6) is 0 Å². The largest absolute Gasteiger partial charge is 0.459 e. The highest BCUT2D eigenvalue weighted by atomic mass is 32.1. The van der Waals surface area contributed by atoms with Crippen molar-refractivity contribution in [2.45, 2.75) is 125 Å². The highest BCUT2D eigenvalue weighted by Gasteiger charge is 2.42. The molecule has 2 fully saturated rings. The Balaban J connectivity index is 0.000000929. The number of hydrogen-bond donors (Lipinski definition) is 6. The maximum atomic E-state index is 13.1. The average molecular weight is 659 g/mol. The SMILES string of the molecule is CC(C)(C)C.CNC1C[C@@H](C=O)N(C(=O)C(NC(=O)NCC(=O)OC(C)(C)C)C(C)(C)C)C1.NC(=O)C(=O)C(CC1CC1)NS. The van der Waals surface area contributed by atoms with Crippen molar-refractivity contribution < 1.29 is 33.5 Å². The number of primary amides is 1. The molecule has 45 heavy (non-hydrogen) atoms. The van der Waals surface area contributed by atoms with E-state index < -0.39 is 52.8 Å². The number of thiol groups is 1. The van der Waals surface area contributed by atoms with Gasteiger partial charge in [0, 0.05) is 12.6 Å². The number of rotatable bonds is 11. The van der Waals surface area contributed by atoms with Gasteiger partial charge in [-0.05, 0) is 57.4 Å². The van der Waals surface area contributed by atoms with E-state index in [1.807, 2.05) is 20.8 Å². The van der Waals surface area contributed by atoms with Gasteiger partial charge in [-0.15, -0.1) is 0 Å². The highest BCUT2D eigenvalue weighted by Crippen LogP contribution is 2.33. The van der Waals surface area contributed by atoms with Gasteiger partial charge in [0.2, 0.25) is 11.7 Å². The molecule has 0 aromatic carbocycles. The molecule has 1 saturated carbocycles. The second kappa shape index (κ2) is 18.4. The average Bonchev–Trinajstić information content (AvgIpc) is 3.61. The molecule has 0 bridgehead atoms. The summed E-state index contributed by atoms with van der Waals surface area (Å²) in [5.74, 6) is -1.79. The molecule has 1 aliphatic heterocycles. The molecule has 3 unspecified atom stereocenters. The van der Waals surface area contributed by atoms with Crippen LogP contribution in [0.25, 0.3) is 0 Å². The molecule has 1 heterocycles. The fourth-order valence-electron chi connectivity index (χ4n) is 4.06. The zero-order valence-electron chi connectivity index (χ0n) is 29.0. The van der Waals surface area contributed by atoms with Gasteiger partial charge in [-0.3, -0.25) is 23.9 Å². The van der Waals surface area contributed by atoms with Crippen molar-refractivity contribution in [1.29, 1.82) is 0 Å². The number of likely N-dealkylation sites (tertiary alicyclic amines) is 1. The molecule has 4 amide bonds. The van der Waals surface area contributed by atoms with Crippen molar-refractivity contribution in [3.63, 3.8) is 0 Å². The third-order valence-electron chi connectivity index (χ3n) is 6.37. The van der Waals surface area contributed by atoms with Crippen LogP contribution >= 0.6 is 12.8 Å². The van der Waals surface area contributed by atoms with E-state index >= 15 is 0 Å². The van der Waals surface area contributed by atoms with Crippen LogP contribution in [0.2, 0.25) is 0 Å². The predicted octanol–water partition coefficient (Wildman–Crippen LogP) is 2.13. The first-order valence-electron chi connectivity index (χ1n) is 15.4. The van der Waals surface area contributed by atoms with E-state index in [2.05, 4.69) is 61.2 Å². The lowest BCUT2D eigenvalue weighted by molar-refractivity contribution is -0.153. The second-order valence-electron chi connectivity index (χ2n) is 15.2. The number of carbonyl (C=O) groups is 6. The molecule has 0 aromatic rings. The van der Waals surface area contributed by atoms with Crippen molar-refractivity contribution >= 4 is 48.7 Å². The number of nitrogens with one attached hydrogen (secondary N) is 4. The Morgan fingerprint density at radius 1 is 1.00 bits per heavy atom. The number of urea groups is 1. The smallest absolute Gasteiger partial charge is 0.325 e. The lowest BCUT2D eigenvalue weighted by Gasteiger charge is -2.34. The molecule has 0 aromatic heterocycles. The van der Waals surface area contributed by atoms with Gasteiger partial charge in [-0.2, -0.15) is 0 Å². The second-order valence-corrected chi connectivity index (χ2v) is 15.5. The Hall–Kier alpha value is -2.71. The number of ether oxygens (including phenoxy) is 1.